The van der Waals surface area contributed by atoms with Crippen LogP contribution in [0.2, 0.25) is 0 Å². The summed E-state index contributed by atoms with van der Waals surface area (Å²) in [6.45, 7) is 4.12. The number of fused-ring (bicyclic) bond motifs is 3. The van der Waals surface area contributed by atoms with Crippen molar-refractivity contribution in [1.82, 2.24) is 5.32 Å². The first kappa shape index (κ1) is 17.1. The van der Waals surface area contributed by atoms with Crippen LogP contribution in [0.5, 0.6) is 0 Å². The first-order chi connectivity index (χ1) is 13.3. The largest absolute Gasteiger partial charge is 0.449 e. The molecule has 1 amide bonds. The predicted molar refractivity (Wildman–Crippen MR) is 108 cm³/mol. The summed E-state index contributed by atoms with van der Waals surface area (Å²) in [6, 6.07) is 26.0. The Morgan fingerprint density at radius 2 is 1.48 bits per heavy atom. The van der Waals surface area contributed by atoms with Crippen LogP contribution in [0.25, 0.3) is 11.1 Å². The van der Waals surface area contributed by atoms with E-state index in [1.54, 1.807) is 6.08 Å². The van der Waals surface area contributed by atoms with E-state index in [0.717, 1.165) is 5.56 Å². The number of benzene rings is 3. The molecule has 0 spiro atoms. The molecule has 0 unspecified atom stereocenters. The number of rotatable bonds is 5. The van der Waals surface area contributed by atoms with Crippen LogP contribution in [0.4, 0.5) is 4.79 Å². The Hall–Kier alpha value is -3.33. The minimum atomic E-state index is -0.439. The van der Waals surface area contributed by atoms with Crippen LogP contribution in [-0.2, 0) is 4.74 Å². The molecule has 3 heteroatoms. The smallest absolute Gasteiger partial charge is 0.407 e. The SMILES string of the molecule is C=C[C@H](NC(=O)OCC1c2ccccc2-c2ccccc21)c1ccccc1. The lowest BCUT2D eigenvalue weighted by Crippen LogP contribution is -2.29. The van der Waals surface area contributed by atoms with Gasteiger partial charge < -0.3 is 10.1 Å². The maximum atomic E-state index is 12.4. The van der Waals surface area contributed by atoms with Gasteiger partial charge in [0.15, 0.2) is 0 Å². The van der Waals surface area contributed by atoms with Gasteiger partial charge in [0.25, 0.3) is 0 Å². The minimum Gasteiger partial charge on any atom is -0.449 e. The van der Waals surface area contributed by atoms with Gasteiger partial charge in [0.2, 0.25) is 0 Å². The number of carbonyl (C=O) groups is 1. The highest BCUT2D eigenvalue weighted by atomic mass is 16.5. The van der Waals surface area contributed by atoms with Crippen molar-refractivity contribution in [2.45, 2.75) is 12.0 Å². The highest BCUT2D eigenvalue weighted by molar-refractivity contribution is 5.79. The van der Waals surface area contributed by atoms with E-state index in [2.05, 4.69) is 36.2 Å². The number of carbonyl (C=O) groups excluding carboxylic acids is 1. The maximum absolute atomic E-state index is 12.4. The van der Waals surface area contributed by atoms with Gasteiger partial charge in [-0.25, -0.2) is 4.79 Å². The summed E-state index contributed by atoms with van der Waals surface area (Å²) in [5.74, 6) is 0.0575. The molecule has 3 nitrogen and oxygen atoms in total. The molecule has 134 valence electrons. The Kier molecular flexibility index (Phi) is 4.75. The molecule has 0 bridgehead atoms. The van der Waals surface area contributed by atoms with E-state index < -0.39 is 6.09 Å². The molecule has 0 radical (unpaired) electrons. The summed E-state index contributed by atoms with van der Waals surface area (Å²) in [4.78, 5) is 12.4. The van der Waals surface area contributed by atoms with Crippen molar-refractivity contribution >= 4 is 6.09 Å². The van der Waals surface area contributed by atoms with Crippen molar-refractivity contribution in [3.63, 3.8) is 0 Å². The molecule has 3 aromatic carbocycles. The normalized spacial score (nSPS) is 13.3. The lowest BCUT2D eigenvalue weighted by Gasteiger charge is -2.18. The first-order valence-corrected chi connectivity index (χ1v) is 9.07. The van der Waals surface area contributed by atoms with E-state index in [4.69, 9.17) is 4.74 Å². The number of hydrogen-bond acceptors (Lipinski definition) is 2. The number of hydrogen-bond donors (Lipinski definition) is 1. The van der Waals surface area contributed by atoms with Gasteiger partial charge in [0.05, 0.1) is 6.04 Å². The van der Waals surface area contributed by atoms with Crippen molar-refractivity contribution in [3.05, 3.63) is 108 Å². The molecule has 0 fully saturated rings. The Morgan fingerprint density at radius 1 is 0.926 bits per heavy atom. The maximum Gasteiger partial charge on any atom is 0.407 e. The summed E-state index contributed by atoms with van der Waals surface area (Å²) >= 11 is 0. The molecule has 1 aliphatic carbocycles. The zero-order valence-corrected chi connectivity index (χ0v) is 15.0. The molecule has 0 saturated carbocycles. The van der Waals surface area contributed by atoms with E-state index >= 15 is 0 Å². The van der Waals surface area contributed by atoms with E-state index in [-0.39, 0.29) is 12.0 Å². The average molecular weight is 355 g/mol. The molecule has 0 aromatic heterocycles. The number of ether oxygens (including phenoxy) is 1. The summed E-state index contributed by atoms with van der Waals surface area (Å²) in [5, 5.41) is 2.88. The molecule has 27 heavy (non-hydrogen) atoms. The van der Waals surface area contributed by atoms with Crippen LogP contribution in [0.3, 0.4) is 0 Å². The van der Waals surface area contributed by atoms with Crippen molar-refractivity contribution in [2.24, 2.45) is 0 Å². The van der Waals surface area contributed by atoms with Gasteiger partial charge in [-0.1, -0.05) is 84.9 Å². The lowest BCUT2D eigenvalue weighted by atomic mass is 9.98. The summed E-state index contributed by atoms with van der Waals surface area (Å²) in [6.07, 6.45) is 1.27. The van der Waals surface area contributed by atoms with Crippen LogP contribution < -0.4 is 5.32 Å². The van der Waals surface area contributed by atoms with Crippen molar-refractivity contribution in [3.8, 4) is 11.1 Å². The van der Waals surface area contributed by atoms with Crippen LogP contribution in [0.1, 0.15) is 28.7 Å². The molecule has 0 saturated heterocycles. The second-order valence-corrected chi connectivity index (χ2v) is 6.59. The molecule has 3 aromatic rings. The first-order valence-electron chi connectivity index (χ1n) is 9.07. The summed E-state index contributed by atoms with van der Waals surface area (Å²) in [5.41, 5.74) is 5.82. The van der Waals surface area contributed by atoms with Gasteiger partial charge in [0.1, 0.15) is 6.61 Å². The fourth-order valence-electron chi connectivity index (χ4n) is 3.71. The van der Waals surface area contributed by atoms with Gasteiger partial charge in [-0.2, -0.15) is 0 Å². The predicted octanol–water partition coefficient (Wildman–Crippen LogP) is 5.45. The van der Waals surface area contributed by atoms with Gasteiger partial charge in [-0.15, -0.1) is 6.58 Å². The van der Waals surface area contributed by atoms with E-state index in [9.17, 15) is 4.79 Å². The molecule has 1 aliphatic rings. The molecule has 4 rings (SSSR count). The zero-order valence-electron chi connectivity index (χ0n) is 15.0. The van der Waals surface area contributed by atoms with E-state index in [1.165, 1.54) is 22.3 Å². The van der Waals surface area contributed by atoms with Gasteiger partial charge >= 0.3 is 6.09 Å². The average Bonchev–Trinajstić information content (AvgIpc) is 3.05. The van der Waals surface area contributed by atoms with Crippen LogP contribution >= 0.6 is 0 Å². The van der Waals surface area contributed by atoms with Gasteiger partial charge in [-0.05, 0) is 27.8 Å². The van der Waals surface area contributed by atoms with Crippen LogP contribution in [-0.4, -0.2) is 12.7 Å². The zero-order chi connectivity index (χ0) is 18.6. The topological polar surface area (TPSA) is 38.3 Å². The Labute approximate surface area is 159 Å². The van der Waals surface area contributed by atoms with E-state index in [0.29, 0.717) is 6.61 Å². The van der Waals surface area contributed by atoms with Gasteiger partial charge in [-0.3, -0.25) is 0 Å². The molecule has 0 aliphatic heterocycles. The standard InChI is InChI=1S/C24H21NO2/c1-2-23(17-10-4-3-5-11-17)25-24(26)27-16-22-20-14-8-6-12-18(20)19-13-7-9-15-21(19)22/h2-15,22-23H,1,16H2,(H,25,26)/t23-/m0/s1. The molecular formula is C24H21NO2. The molecular weight excluding hydrogens is 334 g/mol. The lowest BCUT2D eigenvalue weighted by molar-refractivity contribution is 0.141. The molecule has 0 heterocycles. The Bertz CT molecular complexity index is 919. The fraction of sp³-hybridized carbons (Fsp3) is 0.125. The highest BCUT2D eigenvalue weighted by Gasteiger charge is 2.29. The van der Waals surface area contributed by atoms with Crippen molar-refractivity contribution in [2.75, 3.05) is 6.61 Å². The number of alkyl carbamates (subject to hydrolysis) is 1. The third kappa shape index (κ3) is 3.36. The number of amides is 1. The summed E-state index contributed by atoms with van der Waals surface area (Å²) in [7, 11) is 0. The molecule has 1 atom stereocenters. The third-order valence-electron chi connectivity index (χ3n) is 5.01. The van der Waals surface area contributed by atoms with Gasteiger partial charge in [0, 0.05) is 5.92 Å². The quantitative estimate of drug-likeness (QED) is 0.618. The van der Waals surface area contributed by atoms with Crippen LogP contribution in [0.15, 0.2) is 91.5 Å². The second kappa shape index (κ2) is 7.50. The fourth-order valence-corrected chi connectivity index (χ4v) is 3.71. The molecule has 1 N–H and O–H groups in total. The Balaban J connectivity index is 1.47. The highest BCUT2D eigenvalue weighted by Crippen LogP contribution is 2.44. The van der Waals surface area contributed by atoms with Crippen molar-refractivity contribution in [1.29, 1.82) is 0 Å². The van der Waals surface area contributed by atoms with Crippen molar-refractivity contribution < 1.29 is 9.53 Å². The second-order valence-electron chi connectivity index (χ2n) is 6.59. The Morgan fingerprint density at radius 3 is 2.07 bits per heavy atom. The summed E-state index contributed by atoms with van der Waals surface area (Å²) < 4.78 is 5.60. The minimum absolute atomic E-state index is 0.0575. The monoisotopic (exact) mass is 355 g/mol. The third-order valence-corrected chi connectivity index (χ3v) is 5.01. The van der Waals surface area contributed by atoms with E-state index in [1.807, 2.05) is 54.6 Å². The number of nitrogens with one attached hydrogen (secondary N) is 1. The van der Waals surface area contributed by atoms with Crippen LogP contribution in [0, 0.1) is 0 Å².